The molecule has 0 N–H and O–H groups in total. The third kappa shape index (κ3) is 6.13. The van der Waals surface area contributed by atoms with E-state index in [1.54, 1.807) is 0 Å². The van der Waals surface area contributed by atoms with Gasteiger partial charge in [-0.1, -0.05) is 191 Å². The number of hydrogen-bond donors (Lipinski definition) is 0. The molecule has 1 aliphatic rings. The molecule has 0 fully saturated rings. The molecule has 0 aliphatic heterocycles. The average Bonchev–Trinajstić information content (AvgIpc) is 3.86. The summed E-state index contributed by atoms with van der Waals surface area (Å²) in [6.45, 7) is 9.77. The van der Waals surface area contributed by atoms with Crippen molar-refractivity contribution in [3.8, 4) is 22.5 Å². The van der Waals surface area contributed by atoms with Crippen LogP contribution in [0.5, 0.6) is 0 Å². The van der Waals surface area contributed by atoms with Crippen molar-refractivity contribution in [2.24, 2.45) is 0 Å². The van der Waals surface area contributed by atoms with Crippen LogP contribution in [0.2, 0.25) is 0 Å². The zero-order valence-electron chi connectivity index (χ0n) is 37.6. The van der Waals surface area contributed by atoms with Crippen LogP contribution in [-0.2, 0) is 10.8 Å². The summed E-state index contributed by atoms with van der Waals surface area (Å²) < 4.78 is 4.85. The van der Waals surface area contributed by atoms with Crippen molar-refractivity contribution in [1.29, 1.82) is 0 Å². The Balaban J connectivity index is 1.04. The number of para-hydroxylation sites is 3. The highest BCUT2D eigenvalue weighted by atomic mass is 28.3. The fraction of sp³-hybridized carbons (Fsp3) is 0.129. The Kier molecular flexibility index (Phi) is 9.05. The van der Waals surface area contributed by atoms with Crippen molar-refractivity contribution >= 4 is 72.4 Å². The van der Waals surface area contributed by atoms with Crippen LogP contribution in [0.25, 0.3) is 66.1 Å². The summed E-state index contributed by atoms with van der Waals surface area (Å²) in [6, 6.07) is 82.5. The first-order chi connectivity index (χ1) is 31.7. The lowest BCUT2D eigenvalue weighted by Gasteiger charge is -2.43. The van der Waals surface area contributed by atoms with Crippen LogP contribution in [0.15, 0.2) is 218 Å². The van der Waals surface area contributed by atoms with Gasteiger partial charge in [0.25, 0.3) is 0 Å². The third-order valence-corrected chi connectivity index (χ3v) is 19.7. The van der Waals surface area contributed by atoms with Gasteiger partial charge in [0.2, 0.25) is 0 Å². The molecular weight excluding hydrogens is 801 g/mol. The Hall–Kier alpha value is -7.20. The minimum Gasteiger partial charge on any atom is -0.309 e. The first-order valence-electron chi connectivity index (χ1n) is 23.2. The van der Waals surface area contributed by atoms with E-state index in [4.69, 9.17) is 0 Å². The van der Waals surface area contributed by atoms with Crippen molar-refractivity contribution in [3.05, 3.63) is 230 Å². The first-order valence-corrected chi connectivity index (χ1v) is 25.2. The normalized spacial score (nSPS) is 14.6. The largest absolute Gasteiger partial charge is 0.309 e. The third-order valence-electron chi connectivity index (χ3n) is 14.9. The van der Waals surface area contributed by atoms with E-state index in [1.165, 1.54) is 105 Å². The molecule has 0 amide bonds. The molecule has 0 spiro atoms. The van der Waals surface area contributed by atoms with Gasteiger partial charge in [0.1, 0.15) is 0 Å². The highest BCUT2D eigenvalue weighted by Gasteiger charge is 2.44. The molecule has 314 valence electrons. The molecule has 1 aliphatic carbocycles. The van der Waals surface area contributed by atoms with Crippen molar-refractivity contribution < 1.29 is 0 Å². The van der Waals surface area contributed by atoms with Gasteiger partial charge in [-0.2, -0.15) is 0 Å². The summed E-state index contributed by atoms with van der Waals surface area (Å²) in [5.74, 6) is 0. The van der Waals surface area contributed by atoms with Gasteiger partial charge in [0.15, 0.2) is 8.07 Å². The molecule has 3 heteroatoms. The van der Waals surface area contributed by atoms with Gasteiger partial charge >= 0.3 is 0 Å². The van der Waals surface area contributed by atoms with Gasteiger partial charge in [-0.15, -0.1) is 0 Å². The topological polar surface area (TPSA) is 9.86 Å². The summed E-state index contributed by atoms with van der Waals surface area (Å²) in [7, 11) is -2.84. The second kappa shape index (κ2) is 14.9. The maximum Gasteiger partial charge on any atom is 0.179 e. The Morgan fingerprint density at radius 1 is 0.323 bits per heavy atom. The number of rotatable bonds is 7. The number of hydrogen-bond acceptors (Lipinski definition) is 0. The van der Waals surface area contributed by atoms with Gasteiger partial charge in [0, 0.05) is 32.9 Å². The molecular formula is C62H52N2Si. The second-order valence-electron chi connectivity index (χ2n) is 19.6. The van der Waals surface area contributed by atoms with Crippen LogP contribution in [-0.4, -0.2) is 17.2 Å². The highest BCUT2D eigenvalue weighted by molar-refractivity contribution is 7.20. The lowest BCUT2D eigenvalue weighted by Crippen LogP contribution is -2.75. The number of benzene rings is 9. The predicted octanol–water partition coefficient (Wildman–Crippen LogP) is 13.3. The number of fused-ring (bicyclic) bond motifs is 7. The fourth-order valence-corrected chi connectivity index (χ4v) is 16.3. The van der Waals surface area contributed by atoms with E-state index in [9.17, 15) is 0 Å². The van der Waals surface area contributed by atoms with Crippen LogP contribution >= 0.6 is 0 Å². The molecule has 2 aromatic heterocycles. The summed E-state index contributed by atoms with van der Waals surface area (Å²) in [5, 5.41) is 10.7. The lowest BCUT2D eigenvalue weighted by atomic mass is 9.63. The zero-order chi connectivity index (χ0) is 43.9. The highest BCUT2D eigenvalue weighted by Crippen LogP contribution is 2.45. The van der Waals surface area contributed by atoms with E-state index in [1.807, 2.05) is 0 Å². The van der Waals surface area contributed by atoms with Gasteiger partial charge in [-0.05, 0) is 121 Å². The lowest BCUT2D eigenvalue weighted by molar-refractivity contribution is 0.332. The summed E-state index contributed by atoms with van der Waals surface area (Å²) >= 11 is 0. The molecule has 12 rings (SSSR count). The van der Waals surface area contributed by atoms with E-state index in [-0.39, 0.29) is 10.8 Å². The molecule has 0 saturated heterocycles. The molecule has 65 heavy (non-hydrogen) atoms. The van der Waals surface area contributed by atoms with Crippen molar-refractivity contribution in [3.63, 3.8) is 0 Å². The average molecular weight is 853 g/mol. The van der Waals surface area contributed by atoms with Crippen LogP contribution < -0.4 is 20.7 Å². The summed E-state index contributed by atoms with van der Waals surface area (Å²) in [4.78, 5) is 0. The van der Waals surface area contributed by atoms with Gasteiger partial charge < -0.3 is 9.13 Å². The zero-order valence-corrected chi connectivity index (χ0v) is 38.6. The van der Waals surface area contributed by atoms with Gasteiger partial charge in [0.05, 0.1) is 22.1 Å². The SMILES string of the molecule is CC1(C)CCC(C)(C)c2cc([Si](c3ccccc3)(c3ccccc3)c3cccc(-c4ccc5c(c4)c4ccccc4n5-c4ccc5c(c4)c4ccccc4n5-c4ccccc4)c3)ccc21. The molecule has 2 heterocycles. The maximum absolute atomic E-state index is 2.84. The Morgan fingerprint density at radius 3 is 1.45 bits per heavy atom. The molecule has 2 nitrogen and oxygen atoms in total. The molecule has 0 radical (unpaired) electrons. The fourth-order valence-electron chi connectivity index (χ4n) is 11.5. The molecule has 9 aromatic carbocycles. The quantitative estimate of drug-likeness (QED) is 0.112. The van der Waals surface area contributed by atoms with Crippen LogP contribution in [0.3, 0.4) is 0 Å². The minimum atomic E-state index is -2.84. The smallest absolute Gasteiger partial charge is 0.179 e. The van der Waals surface area contributed by atoms with E-state index in [2.05, 4.69) is 255 Å². The predicted molar refractivity (Wildman–Crippen MR) is 279 cm³/mol. The monoisotopic (exact) mass is 852 g/mol. The second-order valence-corrected chi connectivity index (χ2v) is 23.4. The first kappa shape index (κ1) is 39.4. The molecule has 0 unspecified atom stereocenters. The van der Waals surface area contributed by atoms with E-state index in [0.29, 0.717) is 0 Å². The Bertz CT molecular complexity index is 3550. The standard InChI is InChI=1S/C62H52N2Si/c1-61(2)37-38-62(3,4)56-42-50(33-34-55(56)61)65(47-22-10-6-11-23-47,48-24-12-7-13-25-48)49-26-18-19-43(39-49)44-31-35-59-53(40-44)51-27-14-17-30-58(51)64(59)46-32-36-60-54(41-46)52-28-15-16-29-57(52)63(60)45-20-8-5-9-21-45/h5-36,39-42H,37-38H2,1-4H3. The van der Waals surface area contributed by atoms with Gasteiger partial charge in [-0.25, -0.2) is 0 Å². The van der Waals surface area contributed by atoms with Crippen molar-refractivity contribution in [2.75, 3.05) is 0 Å². The molecule has 11 aromatic rings. The van der Waals surface area contributed by atoms with Crippen LogP contribution in [0, 0.1) is 0 Å². The van der Waals surface area contributed by atoms with Crippen molar-refractivity contribution in [1.82, 2.24) is 9.13 Å². The molecule has 0 atom stereocenters. The Labute approximate surface area is 383 Å². The van der Waals surface area contributed by atoms with E-state index in [0.717, 1.165) is 5.69 Å². The van der Waals surface area contributed by atoms with Gasteiger partial charge in [-0.3, -0.25) is 0 Å². The maximum atomic E-state index is 2.63. The van der Waals surface area contributed by atoms with E-state index >= 15 is 0 Å². The van der Waals surface area contributed by atoms with Crippen LogP contribution in [0.4, 0.5) is 0 Å². The van der Waals surface area contributed by atoms with Crippen molar-refractivity contribution in [2.45, 2.75) is 51.4 Å². The van der Waals surface area contributed by atoms with Crippen LogP contribution in [0.1, 0.15) is 51.7 Å². The molecule has 0 saturated carbocycles. The summed E-state index contributed by atoms with van der Waals surface area (Å²) in [6.07, 6.45) is 2.38. The minimum absolute atomic E-state index is 0.0949. The number of aromatic nitrogens is 2. The molecule has 0 bridgehead atoms. The summed E-state index contributed by atoms with van der Waals surface area (Å²) in [5.41, 5.74) is 12.9. The number of nitrogens with zero attached hydrogens (tertiary/aromatic N) is 2. The Morgan fingerprint density at radius 2 is 0.800 bits per heavy atom. The van der Waals surface area contributed by atoms with E-state index < -0.39 is 8.07 Å².